The van der Waals surface area contributed by atoms with E-state index < -0.39 is 0 Å². The van der Waals surface area contributed by atoms with E-state index in [0.29, 0.717) is 5.92 Å². The van der Waals surface area contributed by atoms with Gasteiger partial charge in [-0.2, -0.15) is 0 Å². The third-order valence-corrected chi connectivity index (χ3v) is 4.27. The van der Waals surface area contributed by atoms with Crippen molar-refractivity contribution < 1.29 is 0 Å². The number of aryl methyl sites for hydroxylation is 1. The van der Waals surface area contributed by atoms with Crippen molar-refractivity contribution in [3.05, 3.63) is 42.4 Å². The molecule has 6 heteroatoms. The fourth-order valence-electron chi connectivity index (χ4n) is 3.12. The third kappa shape index (κ3) is 2.41. The van der Waals surface area contributed by atoms with Crippen molar-refractivity contribution in [3.63, 3.8) is 0 Å². The first kappa shape index (κ1) is 13.2. The summed E-state index contributed by atoms with van der Waals surface area (Å²) in [6.07, 6.45) is 4.77. The molecule has 0 spiro atoms. The average molecular weight is 294 g/mol. The summed E-state index contributed by atoms with van der Waals surface area (Å²) in [5, 5.41) is 9.04. The summed E-state index contributed by atoms with van der Waals surface area (Å²) in [6.45, 7) is 4.92. The minimum atomic E-state index is 0.567. The predicted octanol–water partition coefficient (Wildman–Crippen LogP) is 2.06. The van der Waals surface area contributed by atoms with Gasteiger partial charge in [0.15, 0.2) is 0 Å². The smallest absolute Gasteiger partial charge is 0.226 e. The molecule has 4 rings (SSSR count). The number of para-hydroxylation sites is 1. The van der Waals surface area contributed by atoms with Gasteiger partial charge in [-0.1, -0.05) is 23.4 Å². The molecule has 1 aliphatic rings. The second kappa shape index (κ2) is 5.36. The van der Waals surface area contributed by atoms with Gasteiger partial charge in [0.2, 0.25) is 5.95 Å². The quantitative estimate of drug-likeness (QED) is 0.740. The molecule has 1 atom stereocenters. The van der Waals surface area contributed by atoms with Crippen molar-refractivity contribution in [1.82, 2.24) is 25.0 Å². The molecule has 1 aliphatic heterocycles. The van der Waals surface area contributed by atoms with Crippen LogP contribution in [0.2, 0.25) is 0 Å². The van der Waals surface area contributed by atoms with Crippen LogP contribution in [0, 0.1) is 12.8 Å². The summed E-state index contributed by atoms with van der Waals surface area (Å²) in [5.74, 6) is 1.41. The molecule has 6 nitrogen and oxygen atoms in total. The lowest BCUT2D eigenvalue weighted by molar-refractivity contribution is 0.443. The number of rotatable bonds is 3. The Hall–Kier alpha value is -2.50. The first-order chi connectivity index (χ1) is 10.8. The second-order valence-electron chi connectivity index (χ2n) is 5.85. The maximum Gasteiger partial charge on any atom is 0.226 e. The molecule has 0 aliphatic carbocycles. The fourth-order valence-corrected chi connectivity index (χ4v) is 3.12. The summed E-state index contributed by atoms with van der Waals surface area (Å²) in [4.78, 5) is 11.7. The Morgan fingerprint density at radius 2 is 2.14 bits per heavy atom. The molecule has 0 saturated carbocycles. The molecule has 2 aromatic heterocycles. The van der Waals surface area contributed by atoms with Crippen molar-refractivity contribution in [1.29, 1.82) is 0 Å². The van der Waals surface area contributed by atoms with E-state index in [0.717, 1.165) is 48.6 Å². The van der Waals surface area contributed by atoms with E-state index in [-0.39, 0.29) is 0 Å². The van der Waals surface area contributed by atoms with Crippen molar-refractivity contribution in [3.8, 4) is 0 Å². The van der Waals surface area contributed by atoms with E-state index >= 15 is 0 Å². The molecule has 3 aromatic rings. The standard InChI is InChI=1S/C16H18N6/c1-12-14-4-2-3-5-15(14)19-16(18-12)21-8-6-13(10-21)11-22-9-7-17-20-22/h2-5,7,9,13H,6,8,10-11H2,1H3. The van der Waals surface area contributed by atoms with E-state index in [1.165, 1.54) is 0 Å². The number of aromatic nitrogens is 5. The molecule has 3 heterocycles. The van der Waals surface area contributed by atoms with Crippen LogP contribution in [0.3, 0.4) is 0 Å². The van der Waals surface area contributed by atoms with Gasteiger partial charge in [-0.05, 0) is 25.3 Å². The van der Waals surface area contributed by atoms with Crippen LogP contribution in [0.4, 0.5) is 5.95 Å². The molecule has 112 valence electrons. The third-order valence-electron chi connectivity index (χ3n) is 4.27. The number of hydrogen-bond donors (Lipinski definition) is 0. The van der Waals surface area contributed by atoms with Gasteiger partial charge < -0.3 is 4.90 Å². The van der Waals surface area contributed by atoms with Gasteiger partial charge in [0.25, 0.3) is 0 Å². The van der Waals surface area contributed by atoms with Crippen LogP contribution in [-0.4, -0.2) is 38.1 Å². The first-order valence-electron chi connectivity index (χ1n) is 7.62. The van der Waals surface area contributed by atoms with Gasteiger partial charge in [-0.15, -0.1) is 5.10 Å². The van der Waals surface area contributed by atoms with E-state index in [2.05, 4.69) is 34.3 Å². The highest BCUT2D eigenvalue weighted by Crippen LogP contribution is 2.24. The normalized spacial score (nSPS) is 18.2. The Kier molecular flexibility index (Phi) is 3.21. The lowest BCUT2D eigenvalue weighted by Crippen LogP contribution is -2.23. The highest BCUT2D eigenvalue weighted by atomic mass is 15.4. The van der Waals surface area contributed by atoms with Crippen molar-refractivity contribution in [2.45, 2.75) is 19.9 Å². The Balaban J connectivity index is 1.55. The zero-order valence-corrected chi connectivity index (χ0v) is 12.6. The maximum atomic E-state index is 4.73. The van der Waals surface area contributed by atoms with Crippen molar-refractivity contribution in [2.24, 2.45) is 5.92 Å². The summed E-state index contributed by atoms with van der Waals surface area (Å²) in [5.41, 5.74) is 2.06. The Morgan fingerprint density at radius 3 is 3.00 bits per heavy atom. The monoisotopic (exact) mass is 294 g/mol. The zero-order chi connectivity index (χ0) is 14.9. The molecule has 0 amide bonds. The van der Waals surface area contributed by atoms with Crippen LogP contribution in [-0.2, 0) is 6.54 Å². The van der Waals surface area contributed by atoms with E-state index in [4.69, 9.17) is 9.97 Å². The molecule has 22 heavy (non-hydrogen) atoms. The summed E-state index contributed by atoms with van der Waals surface area (Å²) >= 11 is 0. The van der Waals surface area contributed by atoms with Crippen molar-refractivity contribution >= 4 is 16.9 Å². The molecule has 0 N–H and O–H groups in total. The fraction of sp³-hybridized carbons (Fsp3) is 0.375. The van der Waals surface area contributed by atoms with Crippen LogP contribution in [0.15, 0.2) is 36.7 Å². The van der Waals surface area contributed by atoms with Crippen LogP contribution < -0.4 is 4.90 Å². The molecule has 1 unspecified atom stereocenters. The predicted molar refractivity (Wildman–Crippen MR) is 84.6 cm³/mol. The largest absolute Gasteiger partial charge is 0.340 e. The van der Waals surface area contributed by atoms with Crippen LogP contribution in [0.25, 0.3) is 10.9 Å². The number of nitrogens with zero attached hydrogens (tertiary/aromatic N) is 6. The maximum absolute atomic E-state index is 4.73. The summed E-state index contributed by atoms with van der Waals surface area (Å²) in [7, 11) is 0. The van der Waals surface area contributed by atoms with Crippen LogP contribution in [0.1, 0.15) is 12.1 Å². The molecule has 1 fully saturated rings. The minimum Gasteiger partial charge on any atom is -0.340 e. The van der Waals surface area contributed by atoms with Gasteiger partial charge in [0.1, 0.15) is 0 Å². The van der Waals surface area contributed by atoms with Gasteiger partial charge >= 0.3 is 0 Å². The van der Waals surface area contributed by atoms with Gasteiger partial charge in [-0.25, -0.2) is 9.97 Å². The van der Waals surface area contributed by atoms with Gasteiger partial charge in [-0.3, -0.25) is 4.68 Å². The summed E-state index contributed by atoms with van der Waals surface area (Å²) < 4.78 is 1.90. The Labute approximate surface area is 128 Å². The van der Waals surface area contributed by atoms with Gasteiger partial charge in [0.05, 0.1) is 17.4 Å². The van der Waals surface area contributed by atoms with E-state index in [9.17, 15) is 0 Å². The molecule has 0 bridgehead atoms. The lowest BCUT2D eigenvalue weighted by Gasteiger charge is -2.17. The molecule has 1 saturated heterocycles. The summed E-state index contributed by atoms with van der Waals surface area (Å²) in [6, 6.07) is 8.18. The number of benzene rings is 1. The number of anilines is 1. The molecule has 0 radical (unpaired) electrons. The molecular formula is C16H18N6. The molecule has 1 aromatic carbocycles. The first-order valence-corrected chi connectivity index (χ1v) is 7.62. The highest BCUT2D eigenvalue weighted by Gasteiger charge is 2.25. The lowest BCUT2D eigenvalue weighted by atomic mass is 10.1. The van der Waals surface area contributed by atoms with Crippen molar-refractivity contribution in [2.75, 3.05) is 18.0 Å². The SMILES string of the molecule is Cc1nc(N2CCC(Cn3ccnn3)C2)nc2ccccc12. The zero-order valence-electron chi connectivity index (χ0n) is 12.6. The highest BCUT2D eigenvalue weighted by molar-refractivity contribution is 5.81. The second-order valence-corrected chi connectivity index (χ2v) is 5.85. The van der Waals surface area contributed by atoms with E-state index in [1.807, 2.05) is 23.0 Å². The van der Waals surface area contributed by atoms with E-state index in [1.54, 1.807) is 6.20 Å². The molecular weight excluding hydrogens is 276 g/mol. The van der Waals surface area contributed by atoms with Gasteiger partial charge in [0, 0.05) is 31.2 Å². The Morgan fingerprint density at radius 1 is 1.23 bits per heavy atom. The van der Waals surface area contributed by atoms with Crippen LogP contribution >= 0.6 is 0 Å². The topological polar surface area (TPSA) is 59.7 Å². The Bertz CT molecular complexity index is 782. The number of hydrogen-bond acceptors (Lipinski definition) is 5. The average Bonchev–Trinajstić information content (AvgIpc) is 3.20. The minimum absolute atomic E-state index is 0.567. The van der Waals surface area contributed by atoms with Crippen LogP contribution in [0.5, 0.6) is 0 Å². The number of fused-ring (bicyclic) bond motifs is 1.